The highest BCUT2D eigenvalue weighted by Gasteiger charge is 1.98. The minimum atomic E-state index is 0. The molecule has 0 atom stereocenters. The zero-order valence-electron chi connectivity index (χ0n) is 10.9. The molecule has 6 heteroatoms. The Morgan fingerprint density at radius 2 is 2.28 bits per heavy atom. The smallest absolute Gasteiger partial charge is 0.191 e. The van der Waals surface area contributed by atoms with Crippen LogP contribution in [0.1, 0.15) is 19.1 Å². The molecule has 2 N–H and O–H groups in total. The molecule has 104 valence electrons. The lowest BCUT2D eigenvalue weighted by molar-refractivity contribution is 0.512. The maximum Gasteiger partial charge on any atom is 0.191 e. The molecule has 0 saturated heterocycles. The molecule has 4 nitrogen and oxygen atoms in total. The highest BCUT2D eigenvalue weighted by molar-refractivity contribution is 14.0. The molecule has 18 heavy (non-hydrogen) atoms. The zero-order chi connectivity index (χ0) is 12.3. The fourth-order valence-electron chi connectivity index (χ4n) is 1.32. The average Bonchev–Trinajstić information content (AvgIpc) is 2.84. The normalized spacial score (nSPS) is 10.9. The van der Waals surface area contributed by atoms with Crippen LogP contribution >= 0.6 is 35.7 Å². The molecular weight excluding hydrogens is 361 g/mol. The summed E-state index contributed by atoms with van der Waals surface area (Å²) in [6.45, 7) is 4.45. The summed E-state index contributed by atoms with van der Waals surface area (Å²) in [5.74, 6) is 2.90. The van der Waals surface area contributed by atoms with Crippen molar-refractivity contribution in [3.05, 3.63) is 24.2 Å². The molecule has 0 aliphatic heterocycles. The molecular formula is C12H22IN3OS. The van der Waals surface area contributed by atoms with Crippen molar-refractivity contribution in [3.63, 3.8) is 0 Å². The van der Waals surface area contributed by atoms with Crippen LogP contribution in [0.2, 0.25) is 0 Å². The topological polar surface area (TPSA) is 49.6 Å². The number of hydrogen-bond acceptors (Lipinski definition) is 3. The molecule has 0 bridgehead atoms. The van der Waals surface area contributed by atoms with E-state index < -0.39 is 0 Å². The monoisotopic (exact) mass is 383 g/mol. The van der Waals surface area contributed by atoms with Crippen molar-refractivity contribution >= 4 is 41.7 Å². The molecule has 0 aromatic carbocycles. The summed E-state index contributed by atoms with van der Waals surface area (Å²) in [4.78, 5) is 4.45. The molecule has 0 saturated carbocycles. The predicted octanol–water partition coefficient (Wildman–Crippen LogP) is 2.71. The Labute approximate surface area is 130 Å². The van der Waals surface area contributed by atoms with E-state index in [0.29, 0.717) is 6.54 Å². The third-order valence-electron chi connectivity index (χ3n) is 2.14. The molecule has 0 fully saturated rings. The average molecular weight is 383 g/mol. The van der Waals surface area contributed by atoms with E-state index in [9.17, 15) is 0 Å². The standard InChI is InChI=1S/C12H21N3OS.HI/c1-3-13-12(14-7-5-9-17-2)15-10-11-6-4-8-16-11;/h4,6,8H,3,5,7,9-10H2,1-2H3,(H2,13,14,15);1H. The van der Waals surface area contributed by atoms with Gasteiger partial charge in [0.25, 0.3) is 0 Å². The minimum Gasteiger partial charge on any atom is -0.467 e. The molecule has 1 aromatic rings. The summed E-state index contributed by atoms with van der Waals surface area (Å²) < 4.78 is 5.24. The number of aliphatic imine (C=N–C) groups is 1. The van der Waals surface area contributed by atoms with Crippen LogP contribution in [0.5, 0.6) is 0 Å². The van der Waals surface area contributed by atoms with Crippen molar-refractivity contribution in [1.82, 2.24) is 10.6 Å². The maximum atomic E-state index is 5.24. The fourth-order valence-corrected chi connectivity index (χ4v) is 1.76. The van der Waals surface area contributed by atoms with Gasteiger partial charge >= 0.3 is 0 Å². The van der Waals surface area contributed by atoms with E-state index in [0.717, 1.165) is 31.2 Å². The number of nitrogens with one attached hydrogen (secondary N) is 2. The van der Waals surface area contributed by atoms with E-state index in [2.05, 4.69) is 28.8 Å². The van der Waals surface area contributed by atoms with Gasteiger partial charge in [-0.05, 0) is 37.5 Å². The second-order valence-corrected chi connectivity index (χ2v) is 4.53. The van der Waals surface area contributed by atoms with Gasteiger partial charge in [0.15, 0.2) is 5.96 Å². The molecule has 0 amide bonds. The van der Waals surface area contributed by atoms with Gasteiger partial charge in [-0.3, -0.25) is 0 Å². The molecule has 1 aromatic heterocycles. The first-order valence-electron chi connectivity index (χ1n) is 5.90. The second kappa shape index (κ2) is 11.7. The zero-order valence-corrected chi connectivity index (χ0v) is 14.1. The van der Waals surface area contributed by atoms with Crippen molar-refractivity contribution in [2.24, 2.45) is 4.99 Å². The van der Waals surface area contributed by atoms with Crippen LogP contribution in [-0.4, -0.2) is 31.1 Å². The SMILES string of the molecule is CCNC(=NCc1ccco1)NCCCSC.I. The van der Waals surface area contributed by atoms with Crippen LogP contribution in [0.15, 0.2) is 27.8 Å². The van der Waals surface area contributed by atoms with Crippen LogP contribution in [0.3, 0.4) is 0 Å². The Kier molecular flexibility index (Phi) is 11.5. The molecule has 0 unspecified atom stereocenters. The van der Waals surface area contributed by atoms with E-state index in [-0.39, 0.29) is 24.0 Å². The first kappa shape index (κ1) is 17.6. The highest BCUT2D eigenvalue weighted by atomic mass is 127. The van der Waals surface area contributed by atoms with Crippen molar-refractivity contribution < 1.29 is 4.42 Å². The third-order valence-corrected chi connectivity index (χ3v) is 2.83. The van der Waals surface area contributed by atoms with Gasteiger partial charge in [-0.15, -0.1) is 24.0 Å². The van der Waals surface area contributed by atoms with E-state index in [4.69, 9.17) is 4.42 Å². The predicted molar refractivity (Wildman–Crippen MR) is 89.9 cm³/mol. The van der Waals surface area contributed by atoms with Crippen molar-refractivity contribution in [1.29, 1.82) is 0 Å². The second-order valence-electron chi connectivity index (χ2n) is 3.55. The van der Waals surface area contributed by atoms with E-state index in [1.165, 1.54) is 5.75 Å². The maximum absolute atomic E-state index is 5.24. The lowest BCUT2D eigenvalue weighted by Crippen LogP contribution is -2.37. The molecule has 0 radical (unpaired) electrons. The minimum absolute atomic E-state index is 0. The van der Waals surface area contributed by atoms with E-state index in [1.54, 1.807) is 6.26 Å². The van der Waals surface area contributed by atoms with Gasteiger partial charge in [-0.2, -0.15) is 11.8 Å². The van der Waals surface area contributed by atoms with Crippen molar-refractivity contribution in [3.8, 4) is 0 Å². The van der Waals surface area contributed by atoms with Gasteiger partial charge in [0.1, 0.15) is 12.3 Å². The summed E-state index contributed by atoms with van der Waals surface area (Å²) in [6.07, 6.45) is 4.94. The van der Waals surface area contributed by atoms with Crippen LogP contribution in [0.4, 0.5) is 0 Å². The number of halogens is 1. The van der Waals surface area contributed by atoms with E-state index in [1.807, 2.05) is 23.9 Å². The third kappa shape index (κ3) is 7.86. The number of rotatable bonds is 7. The van der Waals surface area contributed by atoms with Gasteiger partial charge < -0.3 is 15.1 Å². The Morgan fingerprint density at radius 3 is 2.89 bits per heavy atom. The summed E-state index contributed by atoms with van der Waals surface area (Å²) in [6, 6.07) is 3.81. The van der Waals surface area contributed by atoms with E-state index >= 15 is 0 Å². The highest BCUT2D eigenvalue weighted by Crippen LogP contribution is 2.01. The quantitative estimate of drug-likeness (QED) is 0.329. The fraction of sp³-hybridized carbons (Fsp3) is 0.583. The summed E-state index contributed by atoms with van der Waals surface area (Å²) in [5, 5.41) is 6.51. The first-order chi connectivity index (χ1) is 8.36. The lowest BCUT2D eigenvalue weighted by atomic mass is 10.4. The number of thioether (sulfide) groups is 1. The largest absolute Gasteiger partial charge is 0.467 e. The van der Waals surface area contributed by atoms with Crippen molar-refractivity contribution in [2.75, 3.05) is 25.1 Å². The lowest BCUT2D eigenvalue weighted by Gasteiger charge is -2.10. The Bertz CT molecular complexity index is 317. The van der Waals surface area contributed by atoms with Crippen LogP contribution in [-0.2, 0) is 6.54 Å². The van der Waals surface area contributed by atoms with Gasteiger partial charge in [0, 0.05) is 13.1 Å². The summed E-state index contributed by atoms with van der Waals surface area (Å²) in [5.41, 5.74) is 0. The Hall–Kier alpha value is -0.370. The molecule has 0 spiro atoms. The van der Waals surface area contributed by atoms with Crippen LogP contribution in [0, 0.1) is 0 Å². The van der Waals surface area contributed by atoms with Gasteiger partial charge in [-0.1, -0.05) is 0 Å². The van der Waals surface area contributed by atoms with Crippen molar-refractivity contribution in [2.45, 2.75) is 19.9 Å². The Balaban J connectivity index is 0.00000289. The van der Waals surface area contributed by atoms with Crippen LogP contribution < -0.4 is 10.6 Å². The number of hydrogen-bond donors (Lipinski definition) is 2. The summed E-state index contributed by atoms with van der Waals surface area (Å²) in [7, 11) is 0. The summed E-state index contributed by atoms with van der Waals surface area (Å²) >= 11 is 1.86. The number of guanidine groups is 1. The molecule has 0 aliphatic rings. The van der Waals surface area contributed by atoms with Crippen LogP contribution in [0.25, 0.3) is 0 Å². The number of nitrogens with zero attached hydrogens (tertiary/aromatic N) is 1. The van der Waals surface area contributed by atoms with Gasteiger partial charge in [0.05, 0.1) is 6.26 Å². The Morgan fingerprint density at radius 1 is 1.44 bits per heavy atom. The number of furan rings is 1. The molecule has 0 aliphatic carbocycles. The molecule has 1 rings (SSSR count). The molecule has 1 heterocycles. The van der Waals surface area contributed by atoms with Gasteiger partial charge in [-0.25, -0.2) is 4.99 Å². The van der Waals surface area contributed by atoms with Gasteiger partial charge in [0.2, 0.25) is 0 Å². The first-order valence-corrected chi connectivity index (χ1v) is 7.29.